The van der Waals surface area contributed by atoms with Crippen LogP contribution >= 0.6 is 0 Å². The topological polar surface area (TPSA) is 77.2 Å². The van der Waals surface area contributed by atoms with Gasteiger partial charge in [-0.3, -0.25) is 9.78 Å². The number of pyridine rings is 1. The number of nitrogens with one attached hydrogen (secondary N) is 1. The lowest BCUT2D eigenvalue weighted by Gasteiger charge is -2.34. The van der Waals surface area contributed by atoms with Gasteiger partial charge in [0.25, 0.3) is 5.91 Å². The van der Waals surface area contributed by atoms with E-state index >= 15 is 0 Å². The van der Waals surface area contributed by atoms with Gasteiger partial charge in [-0.25, -0.2) is 0 Å². The van der Waals surface area contributed by atoms with Crippen molar-refractivity contribution < 1.29 is 9.53 Å². The summed E-state index contributed by atoms with van der Waals surface area (Å²) in [6.07, 6.45) is 3.18. The second-order valence-electron chi connectivity index (χ2n) is 4.60. The monoisotopic (exact) mass is 235 g/mol. The van der Waals surface area contributed by atoms with Crippen molar-refractivity contribution in [1.82, 2.24) is 10.3 Å². The molecule has 0 aromatic carbocycles. The van der Waals surface area contributed by atoms with Crippen molar-refractivity contribution in [3.63, 3.8) is 0 Å². The molecule has 2 heterocycles. The van der Waals surface area contributed by atoms with Gasteiger partial charge in [-0.15, -0.1) is 0 Å². The van der Waals surface area contributed by atoms with Crippen molar-refractivity contribution in [2.75, 3.05) is 18.9 Å². The fraction of sp³-hybridized carbons (Fsp3) is 0.500. The molecular formula is C12H17N3O2. The van der Waals surface area contributed by atoms with Crippen LogP contribution in [0.2, 0.25) is 0 Å². The highest BCUT2D eigenvalue weighted by Gasteiger charge is 2.29. The molecule has 1 aliphatic rings. The van der Waals surface area contributed by atoms with E-state index in [9.17, 15) is 4.79 Å². The quantitative estimate of drug-likeness (QED) is 0.800. The van der Waals surface area contributed by atoms with Gasteiger partial charge in [0.2, 0.25) is 0 Å². The Morgan fingerprint density at radius 1 is 1.53 bits per heavy atom. The first kappa shape index (κ1) is 11.9. The van der Waals surface area contributed by atoms with Crippen LogP contribution in [0.1, 0.15) is 30.3 Å². The summed E-state index contributed by atoms with van der Waals surface area (Å²) in [4.78, 5) is 16.0. The number of rotatable bonds is 2. The van der Waals surface area contributed by atoms with Gasteiger partial charge in [0.15, 0.2) is 0 Å². The number of anilines is 1. The van der Waals surface area contributed by atoms with Crippen molar-refractivity contribution in [2.24, 2.45) is 0 Å². The highest BCUT2D eigenvalue weighted by Crippen LogP contribution is 2.20. The summed E-state index contributed by atoms with van der Waals surface area (Å²) >= 11 is 0. The molecule has 0 radical (unpaired) electrons. The Labute approximate surface area is 100 Å². The lowest BCUT2D eigenvalue weighted by atomic mass is 9.92. The van der Waals surface area contributed by atoms with Crippen molar-refractivity contribution in [2.45, 2.75) is 25.3 Å². The Bertz CT molecular complexity index is 414. The zero-order chi connectivity index (χ0) is 12.3. The van der Waals surface area contributed by atoms with Gasteiger partial charge in [-0.2, -0.15) is 0 Å². The number of hydrogen-bond acceptors (Lipinski definition) is 4. The second-order valence-corrected chi connectivity index (χ2v) is 4.60. The molecule has 1 amide bonds. The minimum absolute atomic E-state index is 0.179. The molecule has 3 N–H and O–H groups in total. The number of nitrogens with two attached hydrogens (primary N) is 1. The number of nitrogen functional groups attached to an aromatic ring is 1. The molecule has 1 aromatic rings. The number of amides is 1. The molecule has 92 valence electrons. The lowest BCUT2D eigenvalue weighted by molar-refractivity contribution is 0.0421. The van der Waals surface area contributed by atoms with E-state index in [4.69, 9.17) is 10.5 Å². The summed E-state index contributed by atoms with van der Waals surface area (Å²) in [5.74, 6) is -0.179. The summed E-state index contributed by atoms with van der Waals surface area (Å²) in [5, 5.41) is 3.00. The number of aromatic nitrogens is 1. The van der Waals surface area contributed by atoms with Crippen LogP contribution in [-0.2, 0) is 4.74 Å². The predicted octanol–water partition coefficient (Wildman–Crippen LogP) is 0.963. The van der Waals surface area contributed by atoms with E-state index in [0.29, 0.717) is 24.6 Å². The maximum absolute atomic E-state index is 12.0. The Morgan fingerprint density at radius 2 is 2.24 bits per heavy atom. The molecule has 0 unspecified atom stereocenters. The van der Waals surface area contributed by atoms with Crippen LogP contribution in [0.5, 0.6) is 0 Å². The van der Waals surface area contributed by atoms with E-state index in [0.717, 1.165) is 12.8 Å². The Hall–Kier alpha value is -1.62. The van der Waals surface area contributed by atoms with E-state index in [1.807, 2.05) is 6.92 Å². The SMILES string of the molecule is CC1(NC(=O)c2cc(N)ccn2)CCOCC1. The van der Waals surface area contributed by atoms with Crippen LogP contribution in [0, 0.1) is 0 Å². The van der Waals surface area contributed by atoms with E-state index in [1.165, 1.54) is 6.20 Å². The maximum atomic E-state index is 12.0. The van der Waals surface area contributed by atoms with Crippen LogP contribution in [0.3, 0.4) is 0 Å². The van der Waals surface area contributed by atoms with Crippen LogP contribution in [0.25, 0.3) is 0 Å². The standard InChI is InChI=1S/C12H17N3O2/c1-12(3-6-17-7-4-12)15-11(16)10-8-9(13)2-5-14-10/h2,5,8H,3-4,6-7H2,1H3,(H2,13,14)(H,15,16). The van der Waals surface area contributed by atoms with E-state index in [1.54, 1.807) is 12.1 Å². The number of carbonyl (C=O) groups excluding carboxylic acids is 1. The molecule has 17 heavy (non-hydrogen) atoms. The molecule has 0 atom stereocenters. The van der Waals surface area contributed by atoms with Gasteiger partial charge in [0.05, 0.1) is 0 Å². The first-order chi connectivity index (χ1) is 8.09. The smallest absolute Gasteiger partial charge is 0.270 e. The maximum Gasteiger partial charge on any atom is 0.270 e. The summed E-state index contributed by atoms with van der Waals surface area (Å²) in [5.41, 5.74) is 6.32. The summed E-state index contributed by atoms with van der Waals surface area (Å²) in [6, 6.07) is 3.24. The largest absolute Gasteiger partial charge is 0.399 e. The predicted molar refractivity (Wildman–Crippen MR) is 64.6 cm³/mol. The van der Waals surface area contributed by atoms with Crippen molar-refractivity contribution in [1.29, 1.82) is 0 Å². The summed E-state index contributed by atoms with van der Waals surface area (Å²) in [7, 11) is 0. The molecule has 2 rings (SSSR count). The summed E-state index contributed by atoms with van der Waals surface area (Å²) < 4.78 is 5.28. The zero-order valence-corrected chi connectivity index (χ0v) is 9.90. The van der Waals surface area contributed by atoms with Gasteiger partial charge in [0.1, 0.15) is 5.69 Å². The van der Waals surface area contributed by atoms with Gasteiger partial charge in [0, 0.05) is 30.6 Å². The molecule has 0 aliphatic carbocycles. The van der Waals surface area contributed by atoms with Crippen molar-refractivity contribution >= 4 is 11.6 Å². The van der Waals surface area contributed by atoms with Gasteiger partial charge >= 0.3 is 0 Å². The third kappa shape index (κ3) is 2.94. The van der Waals surface area contributed by atoms with E-state index in [2.05, 4.69) is 10.3 Å². The van der Waals surface area contributed by atoms with Crippen LogP contribution in [0.4, 0.5) is 5.69 Å². The van der Waals surface area contributed by atoms with Crippen LogP contribution in [0.15, 0.2) is 18.3 Å². The number of nitrogens with zero attached hydrogens (tertiary/aromatic N) is 1. The van der Waals surface area contributed by atoms with Crippen molar-refractivity contribution in [3.05, 3.63) is 24.0 Å². The highest BCUT2D eigenvalue weighted by molar-refractivity contribution is 5.93. The number of ether oxygens (including phenoxy) is 1. The minimum atomic E-state index is -0.207. The Morgan fingerprint density at radius 3 is 2.88 bits per heavy atom. The number of hydrogen-bond donors (Lipinski definition) is 2. The van der Waals surface area contributed by atoms with Gasteiger partial charge in [-0.05, 0) is 31.9 Å². The molecule has 5 nitrogen and oxygen atoms in total. The third-order valence-electron chi connectivity index (χ3n) is 3.03. The van der Waals surface area contributed by atoms with Crippen LogP contribution in [-0.4, -0.2) is 29.6 Å². The summed E-state index contributed by atoms with van der Waals surface area (Å²) in [6.45, 7) is 3.39. The molecule has 1 saturated heterocycles. The molecule has 1 fully saturated rings. The van der Waals surface area contributed by atoms with Gasteiger partial charge < -0.3 is 15.8 Å². The van der Waals surface area contributed by atoms with E-state index in [-0.39, 0.29) is 11.4 Å². The lowest BCUT2D eigenvalue weighted by Crippen LogP contribution is -2.49. The average Bonchev–Trinajstić information content (AvgIpc) is 2.29. The first-order valence-electron chi connectivity index (χ1n) is 5.71. The van der Waals surface area contributed by atoms with Crippen molar-refractivity contribution in [3.8, 4) is 0 Å². The normalized spacial score (nSPS) is 18.6. The number of carbonyl (C=O) groups is 1. The molecule has 0 bridgehead atoms. The molecular weight excluding hydrogens is 218 g/mol. The zero-order valence-electron chi connectivity index (χ0n) is 9.90. The second kappa shape index (κ2) is 4.71. The molecule has 1 aliphatic heterocycles. The molecule has 1 aromatic heterocycles. The fourth-order valence-corrected chi connectivity index (χ4v) is 1.86. The van der Waals surface area contributed by atoms with E-state index < -0.39 is 0 Å². The minimum Gasteiger partial charge on any atom is -0.399 e. The highest BCUT2D eigenvalue weighted by atomic mass is 16.5. The average molecular weight is 235 g/mol. The Balaban J connectivity index is 2.06. The molecule has 0 saturated carbocycles. The third-order valence-corrected chi connectivity index (χ3v) is 3.03. The Kier molecular flexibility index (Phi) is 3.28. The molecule has 0 spiro atoms. The fourth-order valence-electron chi connectivity index (χ4n) is 1.86. The van der Waals surface area contributed by atoms with Gasteiger partial charge in [-0.1, -0.05) is 0 Å². The molecule has 5 heteroatoms. The van der Waals surface area contributed by atoms with Crippen LogP contribution < -0.4 is 11.1 Å². The first-order valence-corrected chi connectivity index (χ1v) is 5.71.